The number of hydrogen-bond donors (Lipinski definition) is 1. The molecule has 0 aliphatic carbocycles. The number of carbonyl (C=O) groups is 1. The van der Waals surface area contributed by atoms with Crippen LogP contribution in [0.3, 0.4) is 0 Å². The number of sulfonamides is 1. The summed E-state index contributed by atoms with van der Waals surface area (Å²) < 4.78 is 27.3. The van der Waals surface area contributed by atoms with Crippen LogP contribution in [0.4, 0.5) is 0 Å². The highest BCUT2D eigenvalue weighted by Crippen LogP contribution is 2.30. The Bertz CT molecular complexity index is 1130. The number of benzene rings is 2. The molecule has 0 bridgehead atoms. The third-order valence-electron chi connectivity index (χ3n) is 5.39. The Labute approximate surface area is 164 Å². The molecule has 0 spiro atoms. The van der Waals surface area contributed by atoms with Crippen molar-refractivity contribution in [2.75, 3.05) is 13.1 Å². The average Bonchev–Trinajstić information content (AvgIpc) is 3.11. The molecule has 1 saturated heterocycles. The Morgan fingerprint density at radius 3 is 2.43 bits per heavy atom. The van der Waals surface area contributed by atoms with Gasteiger partial charge in [-0.1, -0.05) is 18.2 Å². The number of fused-ring (bicyclic) bond motifs is 1. The highest BCUT2D eigenvalue weighted by molar-refractivity contribution is 7.89. The second-order valence-corrected chi connectivity index (χ2v) is 9.34. The zero-order chi connectivity index (χ0) is 19.9. The molecule has 6 nitrogen and oxygen atoms in total. The van der Waals surface area contributed by atoms with Crippen LogP contribution < -0.4 is 0 Å². The zero-order valence-corrected chi connectivity index (χ0v) is 16.8. The predicted octanol–water partition coefficient (Wildman–Crippen LogP) is 3.64. The van der Waals surface area contributed by atoms with E-state index in [2.05, 4.69) is 11.1 Å². The Morgan fingerprint density at radius 2 is 1.79 bits per heavy atom. The van der Waals surface area contributed by atoms with Crippen molar-refractivity contribution >= 4 is 26.8 Å². The van der Waals surface area contributed by atoms with Gasteiger partial charge in [-0.2, -0.15) is 4.31 Å². The zero-order valence-electron chi connectivity index (χ0n) is 16.0. The van der Waals surface area contributed by atoms with Gasteiger partial charge >= 0.3 is 0 Å². The van der Waals surface area contributed by atoms with E-state index in [1.807, 2.05) is 19.1 Å². The first-order valence-corrected chi connectivity index (χ1v) is 10.9. The molecule has 0 unspecified atom stereocenters. The van der Waals surface area contributed by atoms with Gasteiger partial charge in [-0.25, -0.2) is 13.4 Å². The van der Waals surface area contributed by atoms with Crippen LogP contribution in [0.25, 0.3) is 11.0 Å². The monoisotopic (exact) mass is 397 g/mol. The van der Waals surface area contributed by atoms with E-state index in [-0.39, 0.29) is 16.6 Å². The molecule has 1 aliphatic rings. The lowest BCUT2D eigenvalue weighted by atomic mass is 9.97. The number of piperidine rings is 1. The van der Waals surface area contributed by atoms with Crippen molar-refractivity contribution < 1.29 is 13.2 Å². The summed E-state index contributed by atoms with van der Waals surface area (Å²) in [6, 6.07) is 12.3. The van der Waals surface area contributed by atoms with Crippen LogP contribution in [0.15, 0.2) is 47.4 Å². The molecular formula is C21H23N3O3S. The fourth-order valence-electron chi connectivity index (χ4n) is 3.72. The summed E-state index contributed by atoms with van der Waals surface area (Å²) in [5.41, 5.74) is 3.66. The lowest BCUT2D eigenvalue weighted by molar-refractivity contribution is 0.101. The van der Waals surface area contributed by atoms with E-state index < -0.39 is 10.0 Å². The van der Waals surface area contributed by atoms with E-state index in [9.17, 15) is 13.2 Å². The third-order valence-corrected chi connectivity index (χ3v) is 7.31. The van der Waals surface area contributed by atoms with Crippen LogP contribution in [0, 0.1) is 6.92 Å². The van der Waals surface area contributed by atoms with Crippen molar-refractivity contribution in [2.45, 2.75) is 37.5 Å². The normalized spacial score (nSPS) is 16.5. The van der Waals surface area contributed by atoms with Crippen LogP contribution in [0.5, 0.6) is 0 Å². The van der Waals surface area contributed by atoms with Crippen LogP contribution in [0.2, 0.25) is 0 Å². The Balaban J connectivity index is 1.48. The fraction of sp³-hybridized carbons (Fsp3) is 0.333. The lowest BCUT2D eigenvalue weighted by Gasteiger charge is -2.30. The number of nitrogens with zero attached hydrogens (tertiary/aromatic N) is 2. The molecular weight excluding hydrogens is 374 g/mol. The van der Waals surface area contributed by atoms with Crippen LogP contribution >= 0.6 is 0 Å². The van der Waals surface area contributed by atoms with Crippen LogP contribution in [-0.4, -0.2) is 41.6 Å². The van der Waals surface area contributed by atoms with Crippen LogP contribution in [0.1, 0.15) is 47.4 Å². The topological polar surface area (TPSA) is 83.1 Å². The maximum Gasteiger partial charge on any atom is 0.243 e. The van der Waals surface area contributed by atoms with Gasteiger partial charge in [-0.05, 0) is 56.5 Å². The summed E-state index contributed by atoms with van der Waals surface area (Å²) in [5.74, 6) is 1.08. The second-order valence-electron chi connectivity index (χ2n) is 7.40. The molecule has 1 aromatic heterocycles. The van der Waals surface area contributed by atoms with Gasteiger partial charge in [-0.3, -0.25) is 4.79 Å². The molecule has 3 aromatic rings. The minimum atomic E-state index is -3.55. The number of carbonyl (C=O) groups excluding carboxylic acids is 1. The van der Waals surface area contributed by atoms with Gasteiger partial charge < -0.3 is 4.98 Å². The molecule has 28 heavy (non-hydrogen) atoms. The number of rotatable bonds is 4. The van der Waals surface area contributed by atoms with Crippen molar-refractivity contribution in [3.63, 3.8) is 0 Å². The van der Waals surface area contributed by atoms with Gasteiger partial charge in [0.15, 0.2) is 5.78 Å². The van der Waals surface area contributed by atoms with Gasteiger partial charge in [0.2, 0.25) is 10.0 Å². The van der Waals surface area contributed by atoms with E-state index >= 15 is 0 Å². The van der Waals surface area contributed by atoms with Gasteiger partial charge in [0, 0.05) is 24.6 Å². The molecule has 2 heterocycles. The van der Waals surface area contributed by atoms with Gasteiger partial charge in [0.1, 0.15) is 5.82 Å². The van der Waals surface area contributed by atoms with Crippen molar-refractivity contribution in [1.29, 1.82) is 0 Å². The number of H-pyrrole nitrogens is 1. The first-order chi connectivity index (χ1) is 13.3. The van der Waals surface area contributed by atoms with Gasteiger partial charge in [0.05, 0.1) is 15.9 Å². The number of hydrogen-bond acceptors (Lipinski definition) is 4. The van der Waals surface area contributed by atoms with Crippen molar-refractivity contribution in [3.05, 3.63) is 59.4 Å². The Morgan fingerprint density at radius 1 is 1.11 bits per heavy atom. The summed E-state index contributed by atoms with van der Waals surface area (Å²) in [4.78, 5) is 19.7. The smallest absolute Gasteiger partial charge is 0.243 e. The van der Waals surface area contributed by atoms with Crippen molar-refractivity contribution in [1.82, 2.24) is 14.3 Å². The number of Topliss-reactive ketones (excluding diaryl/α,β-unsaturated/α-hetero) is 1. The molecule has 1 N–H and O–H groups in total. The number of aryl methyl sites for hydroxylation is 1. The first-order valence-electron chi connectivity index (χ1n) is 9.42. The molecule has 1 aliphatic heterocycles. The molecule has 7 heteroatoms. The Hall–Kier alpha value is -2.51. The molecule has 1 fully saturated rings. The Kier molecular flexibility index (Phi) is 4.81. The summed E-state index contributed by atoms with van der Waals surface area (Å²) in [5, 5.41) is 0. The highest BCUT2D eigenvalue weighted by atomic mass is 32.2. The lowest BCUT2D eigenvalue weighted by Crippen LogP contribution is -2.38. The third kappa shape index (κ3) is 3.47. The highest BCUT2D eigenvalue weighted by Gasteiger charge is 2.31. The first kappa shape index (κ1) is 18.8. The summed E-state index contributed by atoms with van der Waals surface area (Å²) >= 11 is 0. The molecule has 4 rings (SSSR count). The molecule has 0 amide bonds. The molecule has 0 atom stereocenters. The molecule has 146 valence electrons. The molecule has 2 aromatic carbocycles. The minimum Gasteiger partial charge on any atom is -0.342 e. The van der Waals surface area contributed by atoms with Gasteiger partial charge in [0.25, 0.3) is 0 Å². The maximum atomic E-state index is 12.9. The largest absolute Gasteiger partial charge is 0.342 e. The van der Waals surface area contributed by atoms with E-state index in [0.717, 1.165) is 29.7 Å². The summed E-state index contributed by atoms with van der Waals surface area (Å²) in [6.07, 6.45) is 1.45. The minimum absolute atomic E-state index is 0.0780. The predicted molar refractivity (Wildman–Crippen MR) is 108 cm³/mol. The van der Waals surface area contributed by atoms with Crippen molar-refractivity contribution in [3.8, 4) is 0 Å². The summed E-state index contributed by atoms with van der Waals surface area (Å²) in [7, 11) is -3.55. The maximum absolute atomic E-state index is 12.9. The average molecular weight is 398 g/mol. The number of aromatic amines is 1. The number of aromatic nitrogens is 2. The second kappa shape index (κ2) is 7.14. The number of ketones is 1. The van der Waals surface area contributed by atoms with E-state index in [0.29, 0.717) is 18.7 Å². The number of nitrogens with one attached hydrogen (secondary N) is 1. The van der Waals surface area contributed by atoms with E-state index in [4.69, 9.17) is 4.98 Å². The fourth-order valence-corrected chi connectivity index (χ4v) is 5.19. The van der Waals surface area contributed by atoms with Crippen LogP contribution in [-0.2, 0) is 10.0 Å². The number of imidazole rings is 1. The standard InChI is InChI=1S/C21H23N3O3S/c1-14-3-8-19-20(13-14)23-21(22-19)17-9-11-24(12-10-17)28(26,27)18-6-4-16(5-7-18)15(2)25/h3-8,13,17H,9-12H2,1-2H3,(H,22,23). The van der Waals surface area contributed by atoms with E-state index in [1.54, 1.807) is 12.1 Å². The summed E-state index contributed by atoms with van der Waals surface area (Å²) in [6.45, 7) is 4.43. The van der Waals surface area contributed by atoms with E-state index in [1.165, 1.54) is 28.9 Å². The molecule has 0 radical (unpaired) electrons. The molecule has 0 saturated carbocycles. The quantitative estimate of drug-likeness (QED) is 0.681. The van der Waals surface area contributed by atoms with Gasteiger partial charge in [-0.15, -0.1) is 0 Å². The SMILES string of the molecule is CC(=O)c1ccc(S(=O)(=O)N2CCC(c3nc4ccc(C)cc4[nH]3)CC2)cc1. The van der Waals surface area contributed by atoms with Crippen molar-refractivity contribution in [2.24, 2.45) is 0 Å².